The summed E-state index contributed by atoms with van der Waals surface area (Å²) in [5.74, 6) is -0.262. The monoisotopic (exact) mass is 433 g/mol. The first-order valence-corrected chi connectivity index (χ1v) is 8.57. The summed E-state index contributed by atoms with van der Waals surface area (Å²) in [4.78, 5) is 23.8. The van der Waals surface area contributed by atoms with Gasteiger partial charge >= 0.3 is 5.97 Å². The molecular weight excluding hydrogens is 407 g/mol. The first-order valence-electron chi connectivity index (χ1n) is 8.57. The molecule has 0 saturated heterocycles. The van der Waals surface area contributed by atoms with Crippen LogP contribution in [0.3, 0.4) is 0 Å². The smallest absolute Gasteiger partial charge is 0.305 e. The number of aryl methyl sites for hydroxylation is 3. The fourth-order valence-electron chi connectivity index (χ4n) is 2.71. The fourth-order valence-corrected chi connectivity index (χ4v) is 2.71. The van der Waals surface area contributed by atoms with Gasteiger partial charge < -0.3 is 10.1 Å². The number of nitrogens with one attached hydrogen (secondary N) is 1. The molecule has 1 radical (unpaired) electrons. The number of hydrogen-bond acceptors (Lipinski definition) is 3. The summed E-state index contributed by atoms with van der Waals surface area (Å²) >= 11 is 0. The third kappa shape index (κ3) is 6.65. The fraction of sp³-hybridized carbons (Fsp3) is 0.421. The van der Waals surface area contributed by atoms with E-state index in [4.69, 9.17) is 4.74 Å². The molecule has 0 bridgehead atoms. The number of amides is 1. The summed E-state index contributed by atoms with van der Waals surface area (Å²) in [6.45, 7) is 7.04. The number of anilines is 1. The number of carbonyl (C=O) groups is 2. The summed E-state index contributed by atoms with van der Waals surface area (Å²) in [5.41, 5.74) is 2.96. The average molecular weight is 433 g/mol. The standard InChI is InChI=1S/C19H25N3O3.Y/c1-4-25-18(24)10-6-11-21-12-7-13-22(21)14-17(23)20-19-15(2)8-5-9-16(19)3;/h5,7-9,12-13H,4,6,10-11,14H2,1-3H3;/p+1. The molecule has 0 fully saturated rings. The maximum atomic E-state index is 12.4. The quantitative estimate of drug-likeness (QED) is 0.514. The Morgan fingerprint density at radius 2 is 1.88 bits per heavy atom. The molecule has 1 heterocycles. The Morgan fingerprint density at radius 3 is 2.54 bits per heavy atom. The molecule has 0 saturated carbocycles. The van der Waals surface area contributed by atoms with Gasteiger partial charge in [-0.05, 0) is 38.3 Å². The topological polar surface area (TPSA) is 64.2 Å². The molecule has 0 unspecified atom stereocenters. The largest absolute Gasteiger partial charge is 0.466 e. The van der Waals surface area contributed by atoms with Crippen molar-refractivity contribution in [3.63, 3.8) is 0 Å². The molecule has 1 N–H and O–H groups in total. The van der Waals surface area contributed by atoms with E-state index in [-0.39, 0.29) is 51.1 Å². The van der Waals surface area contributed by atoms with Gasteiger partial charge in [0.25, 0.3) is 5.91 Å². The predicted octanol–water partition coefficient (Wildman–Crippen LogP) is 2.37. The van der Waals surface area contributed by atoms with Gasteiger partial charge in [-0.1, -0.05) is 18.2 Å². The van der Waals surface area contributed by atoms with Crippen molar-refractivity contribution in [3.8, 4) is 0 Å². The third-order valence-electron chi connectivity index (χ3n) is 3.97. The number of rotatable bonds is 8. The summed E-state index contributed by atoms with van der Waals surface area (Å²) in [7, 11) is 0. The van der Waals surface area contributed by atoms with Gasteiger partial charge in [0.15, 0.2) is 6.20 Å². The van der Waals surface area contributed by atoms with Gasteiger partial charge in [-0.25, -0.2) is 0 Å². The Labute approximate surface area is 179 Å². The van der Waals surface area contributed by atoms with Crippen LogP contribution < -0.4 is 10.00 Å². The number of aromatic nitrogens is 2. The number of nitrogens with zero attached hydrogens (tertiary/aromatic N) is 2. The van der Waals surface area contributed by atoms with E-state index in [2.05, 4.69) is 5.32 Å². The van der Waals surface area contributed by atoms with Crippen LogP contribution in [0.15, 0.2) is 36.7 Å². The van der Waals surface area contributed by atoms with Gasteiger partial charge in [-0.3, -0.25) is 9.59 Å². The molecule has 6 nitrogen and oxygen atoms in total. The molecule has 2 rings (SSSR count). The summed E-state index contributed by atoms with van der Waals surface area (Å²) < 4.78 is 8.70. The molecule has 1 aromatic heterocycles. The van der Waals surface area contributed by atoms with Crippen molar-refractivity contribution in [2.75, 3.05) is 11.9 Å². The third-order valence-corrected chi connectivity index (χ3v) is 3.97. The van der Waals surface area contributed by atoms with E-state index in [9.17, 15) is 9.59 Å². The van der Waals surface area contributed by atoms with Crippen molar-refractivity contribution < 1.29 is 51.7 Å². The van der Waals surface area contributed by atoms with Gasteiger partial charge in [-0.15, -0.1) is 4.68 Å². The molecule has 1 aromatic carbocycles. The van der Waals surface area contributed by atoms with Crippen LogP contribution in [0.4, 0.5) is 5.69 Å². The van der Waals surface area contributed by atoms with Crippen molar-refractivity contribution in [2.45, 2.75) is 46.7 Å². The minimum atomic E-state index is -0.186. The summed E-state index contributed by atoms with van der Waals surface area (Å²) in [5, 5.41) is 2.99. The molecule has 26 heavy (non-hydrogen) atoms. The van der Waals surface area contributed by atoms with Crippen molar-refractivity contribution in [1.82, 2.24) is 4.68 Å². The number of carbonyl (C=O) groups excluding carboxylic acids is 2. The molecule has 1 amide bonds. The zero-order valence-corrected chi connectivity index (χ0v) is 18.5. The van der Waals surface area contributed by atoms with Crippen LogP contribution in [0, 0.1) is 13.8 Å². The average Bonchev–Trinajstić information content (AvgIpc) is 2.98. The van der Waals surface area contributed by atoms with E-state index in [0.29, 0.717) is 26.0 Å². The number of para-hydroxylation sites is 1. The van der Waals surface area contributed by atoms with Crippen molar-refractivity contribution >= 4 is 17.6 Å². The van der Waals surface area contributed by atoms with Crippen LogP contribution >= 0.6 is 0 Å². The molecule has 137 valence electrons. The van der Waals surface area contributed by atoms with Crippen molar-refractivity contribution in [2.24, 2.45) is 0 Å². The molecule has 7 heteroatoms. The molecule has 0 aliphatic carbocycles. The normalized spacial score (nSPS) is 10.1. The van der Waals surface area contributed by atoms with Gasteiger partial charge in [0.05, 0.1) is 19.3 Å². The van der Waals surface area contributed by atoms with Crippen LogP contribution in [0.25, 0.3) is 0 Å². The minimum absolute atomic E-state index is 0. The van der Waals surface area contributed by atoms with Crippen LogP contribution in [0.5, 0.6) is 0 Å². The van der Waals surface area contributed by atoms with E-state index in [1.807, 2.05) is 59.9 Å². The molecule has 0 aliphatic heterocycles. The Hall–Kier alpha value is -1.53. The Morgan fingerprint density at radius 1 is 1.19 bits per heavy atom. The molecular formula is C19H26N3O3Y+. The predicted molar refractivity (Wildman–Crippen MR) is 95.0 cm³/mol. The molecule has 0 atom stereocenters. The van der Waals surface area contributed by atoms with E-state index >= 15 is 0 Å². The second-order valence-corrected chi connectivity index (χ2v) is 5.97. The summed E-state index contributed by atoms with van der Waals surface area (Å²) in [6.07, 6.45) is 4.80. The van der Waals surface area contributed by atoms with Gasteiger partial charge in [0.2, 0.25) is 6.54 Å². The van der Waals surface area contributed by atoms with Crippen molar-refractivity contribution in [3.05, 3.63) is 47.8 Å². The van der Waals surface area contributed by atoms with Gasteiger partial charge in [0, 0.05) is 50.9 Å². The summed E-state index contributed by atoms with van der Waals surface area (Å²) in [6, 6.07) is 7.82. The van der Waals surface area contributed by atoms with Crippen LogP contribution in [-0.4, -0.2) is 23.2 Å². The van der Waals surface area contributed by atoms with E-state index in [1.54, 1.807) is 6.92 Å². The second kappa shape index (κ2) is 11.2. The van der Waals surface area contributed by atoms with Crippen LogP contribution in [-0.2, 0) is 60.1 Å². The van der Waals surface area contributed by atoms with Gasteiger partial charge in [-0.2, -0.15) is 4.68 Å². The van der Waals surface area contributed by atoms with E-state index in [0.717, 1.165) is 16.8 Å². The first-order chi connectivity index (χ1) is 12.0. The van der Waals surface area contributed by atoms with Gasteiger partial charge in [0.1, 0.15) is 0 Å². The second-order valence-electron chi connectivity index (χ2n) is 5.97. The Kier molecular flexibility index (Phi) is 9.74. The van der Waals surface area contributed by atoms with Crippen LogP contribution in [0.2, 0.25) is 0 Å². The SMILES string of the molecule is CCOC(=O)CCCn1ccc[n+]1CC(=O)Nc1c(C)cccc1C.[Y]. The maximum absolute atomic E-state index is 12.4. The number of hydrogen-bond donors (Lipinski definition) is 1. The number of ether oxygens (including phenoxy) is 1. The zero-order chi connectivity index (χ0) is 18.2. The maximum Gasteiger partial charge on any atom is 0.305 e. The van der Waals surface area contributed by atoms with Crippen LogP contribution in [0.1, 0.15) is 30.9 Å². The minimum Gasteiger partial charge on any atom is -0.466 e. The Balaban J connectivity index is 0.00000338. The molecule has 0 aliphatic rings. The zero-order valence-electron chi connectivity index (χ0n) is 15.7. The number of esters is 1. The van der Waals surface area contributed by atoms with E-state index < -0.39 is 0 Å². The van der Waals surface area contributed by atoms with Crippen molar-refractivity contribution in [1.29, 1.82) is 0 Å². The first kappa shape index (κ1) is 22.5. The molecule has 0 spiro atoms. The number of benzene rings is 1. The molecule has 2 aromatic rings. The van der Waals surface area contributed by atoms with E-state index in [1.165, 1.54) is 0 Å². The Bertz CT molecular complexity index is 723.